The zero-order valence-electron chi connectivity index (χ0n) is 14.4. The van der Waals surface area contributed by atoms with E-state index in [0.29, 0.717) is 11.0 Å². The third-order valence-corrected chi connectivity index (χ3v) is 4.47. The summed E-state index contributed by atoms with van der Waals surface area (Å²) >= 11 is 5.34. The van der Waals surface area contributed by atoms with Crippen LogP contribution in [0, 0.1) is 5.82 Å². The van der Waals surface area contributed by atoms with E-state index < -0.39 is 0 Å². The van der Waals surface area contributed by atoms with Crippen LogP contribution in [-0.2, 0) is 0 Å². The van der Waals surface area contributed by atoms with E-state index in [9.17, 15) is 4.39 Å². The highest BCUT2D eigenvalue weighted by atomic mass is 32.1. The summed E-state index contributed by atoms with van der Waals surface area (Å²) in [5.41, 5.74) is 3.35. The van der Waals surface area contributed by atoms with E-state index >= 15 is 0 Å². The minimum atomic E-state index is -0.261. The molecule has 0 heterocycles. The number of nitrogens with one attached hydrogen (secondary N) is 2. The predicted octanol–water partition coefficient (Wildman–Crippen LogP) is 5.33. The fourth-order valence-corrected chi connectivity index (χ4v) is 3.15. The molecule has 3 aromatic carbocycles. The number of rotatable bonds is 6. The van der Waals surface area contributed by atoms with Crippen molar-refractivity contribution in [3.8, 4) is 0 Å². The molecule has 0 fully saturated rings. The van der Waals surface area contributed by atoms with Gasteiger partial charge in [0.2, 0.25) is 0 Å². The van der Waals surface area contributed by atoms with Crippen LogP contribution in [0.1, 0.15) is 23.5 Å². The van der Waals surface area contributed by atoms with Gasteiger partial charge in [0.15, 0.2) is 5.11 Å². The van der Waals surface area contributed by atoms with Gasteiger partial charge < -0.3 is 10.6 Å². The molecule has 0 aliphatic carbocycles. The summed E-state index contributed by atoms with van der Waals surface area (Å²) in [6.07, 6.45) is 0.916. The first-order valence-corrected chi connectivity index (χ1v) is 9.03. The lowest BCUT2D eigenvalue weighted by Crippen LogP contribution is -2.30. The van der Waals surface area contributed by atoms with E-state index in [-0.39, 0.29) is 5.82 Å². The van der Waals surface area contributed by atoms with Gasteiger partial charge in [0.25, 0.3) is 0 Å². The van der Waals surface area contributed by atoms with E-state index in [2.05, 4.69) is 59.2 Å². The molecular formula is C22H21FN2S. The van der Waals surface area contributed by atoms with E-state index in [1.54, 1.807) is 12.1 Å². The lowest BCUT2D eigenvalue weighted by molar-refractivity contribution is 0.628. The van der Waals surface area contributed by atoms with Gasteiger partial charge in [-0.25, -0.2) is 4.39 Å². The Bertz CT molecular complexity index is 780. The molecule has 0 unspecified atom stereocenters. The SMILES string of the molecule is Fc1ccc(NC(=S)NCCC(c2ccccc2)c2ccccc2)cc1. The Kier molecular flexibility index (Phi) is 6.34. The van der Waals surface area contributed by atoms with Crippen molar-refractivity contribution in [3.63, 3.8) is 0 Å². The molecule has 0 aromatic heterocycles. The lowest BCUT2D eigenvalue weighted by atomic mass is 9.88. The summed E-state index contributed by atoms with van der Waals surface area (Å²) in [4.78, 5) is 0. The second kappa shape index (κ2) is 9.11. The van der Waals surface area contributed by atoms with Crippen LogP contribution in [-0.4, -0.2) is 11.7 Å². The summed E-state index contributed by atoms with van der Waals surface area (Å²) in [5, 5.41) is 6.86. The number of anilines is 1. The first-order valence-electron chi connectivity index (χ1n) is 8.62. The average Bonchev–Trinajstić information content (AvgIpc) is 2.68. The molecule has 2 nitrogen and oxygen atoms in total. The first kappa shape index (κ1) is 18.1. The highest BCUT2D eigenvalue weighted by Crippen LogP contribution is 2.27. The van der Waals surface area contributed by atoms with Crippen molar-refractivity contribution >= 4 is 23.0 Å². The van der Waals surface area contributed by atoms with Gasteiger partial charge in [-0.2, -0.15) is 0 Å². The maximum absolute atomic E-state index is 13.0. The van der Waals surface area contributed by atoms with Crippen molar-refractivity contribution in [2.24, 2.45) is 0 Å². The topological polar surface area (TPSA) is 24.1 Å². The van der Waals surface area contributed by atoms with Crippen LogP contribution in [0.3, 0.4) is 0 Å². The molecule has 0 amide bonds. The van der Waals surface area contributed by atoms with Gasteiger partial charge in [0, 0.05) is 18.2 Å². The maximum Gasteiger partial charge on any atom is 0.170 e. The molecular weight excluding hydrogens is 343 g/mol. The Morgan fingerprint density at radius 3 is 1.88 bits per heavy atom. The highest BCUT2D eigenvalue weighted by molar-refractivity contribution is 7.80. The molecule has 132 valence electrons. The van der Waals surface area contributed by atoms with E-state index in [4.69, 9.17) is 12.2 Å². The zero-order chi connectivity index (χ0) is 18.2. The van der Waals surface area contributed by atoms with Gasteiger partial charge in [0.1, 0.15) is 5.82 Å². The molecule has 4 heteroatoms. The quantitative estimate of drug-likeness (QED) is 0.578. The highest BCUT2D eigenvalue weighted by Gasteiger charge is 2.13. The largest absolute Gasteiger partial charge is 0.362 e. The van der Waals surface area contributed by atoms with Gasteiger partial charge in [-0.1, -0.05) is 60.7 Å². The monoisotopic (exact) mass is 364 g/mol. The Labute approximate surface area is 159 Å². The maximum atomic E-state index is 13.0. The molecule has 0 saturated carbocycles. The standard InChI is InChI=1S/C22H21FN2S/c23-19-11-13-20(14-12-19)25-22(26)24-16-15-21(17-7-3-1-4-8-17)18-9-5-2-6-10-18/h1-14,21H,15-16H2,(H2,24,25,26). The predicted molar refractivity (Wildman–Crippen MR) is 110 cm³/mol. The minimum Gasteiger partial charge on any atom is -0.362 e. The zero-order valence-corrected chi connectivity index (χ0v) is 15.2. The Balaban J connectivity index is 1.59. The van der Waals surface area contributed by atoms with Crippen molar-refractivity contribution in [2.45, 2.75) is 12.3 Å². The summed E-state index contributed by atoms with van der Waals surface area (Å²) in [6.45, 7) is 0.738. The molecule has 3 aromatic rings. The van der Waals surface area contributed by atoms with Crippen molar-refractivity contribution in [3.05, 3.63) is 102 Å². The molecule has 2 N–H and O–H groups in total. The Morgan fingerprint density at radius 2 is 1.35 bits per heavy atom. The summed E-state index contributed by atoms with van der Waals surface area (Å²) < 4.78 is 13.0. The van der Waals surface area contributed by atoms with E-state index in [1.807, 2.05) is 12.1 Å². The number of benzene rings is 3. The first-order chi connectivity index (χ1) is 12.7. The van der Waals surface area contributed by atoms with Crippen LogP contribution < -0.4 is 10.6 Å². The van der Waals surface area contributed by atoms with Crippen LogP contribution in [0.4, 0.5) is 10.1 Å². The van der Waals surface area contributed by atoms with Crippen LogP contribution in [0.2, 0.25) is 0 Å². The van der Waals surface area contributed by atoms with Gasteiger partial charge in [-0.3, -0.25) is 0 Å². The third kappa shape index (κ3) is 5.14. The summed E-state index contributed by atoms with van der Waals surface area (Å²) in [5.74, 6) is 0.0431. The minimum absolute atomic E-state index is 0.261. The van der Waals surface area contributed by atoms with Crippen molar-refractivity contribution < 1.29 is 4.39 Å². The molecule has 0 saturated heterocycles. The van der Waals surface area contributed by atoms with Gasteiger partial charge in [0.05, 0.1) is 0 Å². The van der Waals surface area contributed by atoms with E-state index in [1.165, 1.54) is 23.3 Å². The van der Waals surface area contributed by atoms with Crippen LogP contribution >= 0.6 is 12.2 Å². The molecule has 0 bridgehead atoms. The molecule has 0 spiro atoms. The molecule has 3 rings (SSSR count). The number of halogens is 1. The smallest absolute Gasteiger partial charge is 0.170 e. The second-order valence-corrected chi connectivity index (χ2v) is 6.46. The molecule has 0 aliphatic rings. The fraction of sp³-hybridized carbons (Fsp3) is 0.136. The number of thiocarbonyl (C=S) groups is 1. The fourth-order valence-electron chi connectivity index (χ4n) is 2.94. The molecule has 0 atom stereocenters. The van der Waals surface area contributed by atoms with Gasteiger partial charge >= 0.3 is 0 Å². The van der Waals surface area contributed by atoms with Crippen LogP contribution in [0.15, 0.2) is 84.9 Å². The molecule has 26 heavy (non-hydrogen) atoms. The Morgan fingerprint density at radius 1 is 0.808 bits per heavy atom. The van der Waals surface area contributed by atoms with Gasteiger partial charge in [-0.05, 0) is 54.0 Å². The lowest BCUT2D eigenvalue weighted by Gasteiger charge is -2.19. The van der Waals surface area contributed by atoms with Crippen LogP contribution in [0.5, 0.6) is 0 Å². The van der Waals surface area contributed by atoms with Gasteiger partial charge in [-0.15, -0.1) is 0 Å². The second-order valence-electron chi connectivity index (χ2n) is 6.05. The van der Waals surface area contributed by atoms with E-state index in [0.717, 1.165) is 18.7 Å². The Hall–Kier alpha value is -2.72. The third-order valence-electron chi connectivity index (χ3n) is 4.22. The summed E-state index contributed by atoms with van der Waals surface area (Å²) in [6, 6.07) is 27.1. The normalized spacial score (nSPS) is 10.5. The number of hydrogen-bond donors (Lipinski definition) is 2. The van der Waals surface area contributed by atoms with Crippen molar-refractivity contribution in [1.29, 1.82) is 0 Å². The molecule has 0 aliphatic heterocycles. The van der Waals surface area contributed by atoms with Crippen molar-refractivity contribution in [1.82, 2.24) is 5.32 Å². The van der Waals surface area contributed by atoms with Crippen molar-refractivity contribution in [2.75, 3.05) is 11.9 Å². The number of hydrogen-bond acceptors (Lipinski definition) is 1. The summed E-state index contributed by atoms with van der Waals surface area (Å²) in [7, 11) is 0. The average molecular weight is 364 g/mol. The van der Waals surface area contributed by atoms with Crippen LogP contribution in [0.25, 0.3) is 0 Å². The molecule has 0 radical (unpaired) electrons.